The highest BCUT2D eigenvalue weighted by molar-refractivity contribution is 7.45. The van der Waals surface area contributed by atoms with Crippen molar-refractivity contribution < 1.29 is 37.3 Å². The Morgan fingerprint density at radius 3 is 1.32 bits per heavy atom. The average Bonchev–Trinajstić information content (AvgIpc) is 3.35. The smallest absolute Gasteiger partial charge is 0.306 e. The quantitative estimate of drug-likeness (QED) is 0.0212. The molecule has 0 rings (SSSR count). The summed E-state index contributed by atoms with van der Waals surface area (Å²) in [6.07, 6.45) is 68.3. The van der Waals surface area contributed by atoms with Crippen molar-refractivity contribution in [2.45, 2.75) is 264 Å². The van der Waals surface area contributed by atoms with E-state index in [0.29, 0.717) is 17.4 Å². The average molecular weight is 1040 g/mol. The molecule has 9 nitrogen and oxygen atoms in total. The van der Waals surface area contributed by atoms with Gasteiger partial charge in [0.1, 0.15) is 19.3 Å². The number of nitrogens with zero attached hydrogens (tertiary/aromatic N) is 1. The van der Waals surface area contributed by atoms with Crippen molar-refractivity contribution in [2.75, 3.05) is 40.9 Å². The number of amides is 1. The molecule has 0 heterocycles. The van der Waals surface area contributed by atoms with Gasteiger partial charge in [-0.1, -0.05) is 241 Å². The number of rotatable bonds is 53. The first-order valence-corrected chi connectivity index (χ1v) is 31.4. The molecule has 0 spiro atoms. The van der Waals surface area contributed by atoms with Gasteiger partial charge in [0.25, 0.3) is 7.82 Å². The van der Waals surface area contributed by atoms with Crippen LogP contribution < -0.4 is 10.2 Å². The van der Waals surface area contributed by atoms with Crippen LogP contribution in [0.3, 0.4) is 0 Å². The summed E-state index contributed by atoms with van der Waals surface area (Å²) in [6.45, 7) is 6.70. The van der Waals surface area contributed by atoms with E-state index in [2.05, 4.69) is 99.0 Å². The number of likely N-dealkylation sites (N-methyl/N-ethyl adjacent to an activating group) is 1. The molecule has 0 fully saturated rings. The highest BCUT2D eigenvalue weighted by atomic mass is 31.2. The van der Waals surface area contributed by atoms with Crippen LogP contribution in [0.4, 0.5) is 0 Å². The summed E-state index contributed by atoms with van der Waals surface area (Å²) in [6, 6.07) is -0.903. The highest BCUT2D eigenvalue weighted by Gasteiger charge is 2.27. The zero-order valence-corrected chi connectivity index (χ0v) is 49.0. The number of unbranched alkanes of at least 4 members (excludes halogenated alkanes) is 25. The van der Waals surface area contributed by atoms with Crippen LogP contribution in [0.2, 0.25) is 0 Å². The van der Waals surface area contributed by atoms with Crippen LogP contribution in [-0.2, 0) is 27.9 Å². The summed E-state index contributed by atoms with van der Waals surface area (Å²) in [5, 5.41) is 3.01. The van der Waals surface area contributed by atoms with Gasteiger partial charge >= 0.3 is 5.97 Å². The van der Waals surface area contributed by atoms with Gasteiger partial charge < -0.3 is 28.5 Å². The topological polar surface area (TPSA) is 114 Å². The third-order valence-corrected chi connectivity index (χ3v) is 13.8. The summed E-state index contributed by atoms with van der Waals surface area (Å²) >= 11 is 0. The van der Waals surface area contributed by atoms with Crippen molar-refractivity contribution in [1.29, 1.82) is 0 Å². The molecule has 0 aliphatic carbocycles. The molecule has 1 amide bonds. The minimum atomic E-state index is -4.70. The van der Waals surface area contributed by atoms with E-state index >= 15 is 0 Å². The van der Waals surface area contributed by atoms with Crippen LogP contribution in [0.15, 0.2) is 85.1 Å². The van der Waals surface area contributed by atoms with Crippen LogP contribution in [0.1, 0.15) is 252 Å². The van der Waals surface area contributed by atoms with Gasteiger partial charge in [-0.15, -0.1) is 0 Å². The van der Waals surface area contributed by atoms with Gasteiger partial charge in [0.15, 0.2) is 0 Å². The molecule has 3 unspecified atom stereocenters. The van der Waals surface area contributed by atoms with E-state index in [9.17, 15) is 19.0 Å². The fraction of sp³-hybridized carbons (Fsp3) is 0.746. The molecule has 3 atom stereocenters. The number of phosphoric ester groups is 1. The molecule has 0 bridgehead atoms. The normalized spacial score (nSPS) is 14.3. The number of hydrogen-bond donors (Lipinski definition) is 1. The van der Waals surface area contributed by atoms with Crippen LogP contribution >= 0.6 is 7.82 Å². The Kier molecular flexibility index (Phi) is 50.6. The van der Waals surface area contributed by atoms with Gasteiger partial charge in [-0.25, -0.2) is 0 Å². The Morgan fingerprint density at radius 1 is 0.493 bits per heavy atom. The van der Waals surface area contributed by atoms with Crippen molar-refractivity contribution >= 4 is 19.7 Å². The zero-order chi connectivity index (χ0) is 53.6. The van der Waals surface area contributed by atoms with Gasteiger partial charge in [0.05, 0.1) is 33.8 Å². The van der Waals surface area contributed by atoms with E-state index in [1.165, 1.54) is 109 Å². The molecule has 10 heteroatoms. The minimum absolute atomic E-state index is 0.0301. The first-order valence-electron chi connectivity index (χ1n) is 29.9. The molecule has 0 aromatic heterocycles. The van der Waals surface area contributed by atoms with E-state index in [-0.39, 0.29) is 31.3 Å². The Labute approximate surface area is 450 Å². The Morgan fingerprint density at radius 2 is 0.877 bits per heavy atom. The van der Waals surface area contributed by atoms with E-state index in [1.54, 1.807) is 0 Å². The second kappa shape index (κ2) is 52.6. The zero-order valence-electron chi connectivity index (χ0n) is 48.1. The van der Waals surface area contributed by atoms with Crippen molar-refractivity contribution in [3.8, 4) is 0 Å². The van der Waals surface area contributed by atoms with Gasteiger partial charge in [-0.05, 0) is 83.1 Å². The number of carbonyl (C=O) groups excluding carboxylic acids is 2. The Bertz CT molecular complexity index is 1530. The third kappa shape index (κ3) is 53.8. The van der Waals surface area contributed by atoms with Crippen molar-refractivity contribution in [3.05, 3.63) is 85.1 Å². The summed E-state index contributed by atoms with van der Waals surface area (Å²) in [4.78, 5) is 39.9. The highest BCUT2D eigenvalue weighted by Crippen LogP contribution is 2.38. The maximum Gasteiger partial charge on any atom is 0.306 e. The SMILES string of the molecule is CC/C=C\C/C=C\C/C=C\C/C=C\C/C=C\C/C=C\CCCCCCC(=O)NC(COP(=O)([O-])OCC[N+](C)(C)C)C(/C=C/CCCCCCCCCCCCC)OC(=O)CCCCCCCCCCCCC. The van der Waals surface area contributed by atoms with E-state index in [1.807, 2.05) is 33.3 Å². The van der Waals surface area contributed by atoms with Gasteiger partial charge in [-0.2, -0.15) is 0 Å². The summed E-state index contributed by atoms with van der Waals surface area (Å²) in [7, 11) is 1.16. The molecule has 422 valence electrons. The molecule has 0 saturated carbocycles. The number of hydrogen-bond acceptors (Lipinski definition) is 7. The second-order valence-electron chi connectivity index (χ2n) is 21.1. The molecule has 0 saturated heterocycles. The fourth-order valence-electron chi connectivity index (χ4n) is 8.23. The third-order valence-electron chi connectivity index (χ3n) is 12.8. The minimum Gasteiger partial charge on any atom is -0.756 e. The lowest BCUT2D eigenvalue weighted by Crippen LogP contribution is -2.47. The fourth-order valence-corrected chi connectivity index (χ4v) is 8.95. The molecule has 1 N–H and O–H groups in total. The molecular weight excluding hydrogens is 928 g/mol. The maximum absolute atomic E-state index is 13.5. The van der Waals surface area contributed by atoms with Crippen molar-refractivity contribution in [3.63, 3.8) is 0 Å². The van der Waals surface area contributed by atoms with E-state index in [4.69, 9.17) is 13.8 Å². The maximum atomic E-state index is 13.5. The molecule has 73 heavy (non-hydrogen) atoms. The summed E-state index contributed by atoms with van der Waals surface area (Å²) in [5.74, 6) is -0.571. The van der Waals surface area contributed by atoms with Gasteiger partial charge in [-0.3, -0.25) is 14.2 Å². The number of phosphoric acid groups is 1. The van der Waals surface area contributed by atoms with Crippen LogP contribution in [0.5, 0.6) is 0 Å². The number of carbonyl (C=O) groups is 2. The first-order chi connectivity index (χ1) is 35.4. The van der Waals surface area contributed by atoms with Gasteiger partial charge in [0, 0.05) is 12.8 Å². The monoisotopic (exact) mass is 1040 g/mol. The molecule has 0 aliphatic heterocycles. The Hall–Kier alpha value is -2.81. The van der Waals surface area contributed by atoms with Crippen molar-refractivity contribution in [1.82, 2.24) is 5.32 Å². The molecular formula is C63H113N2O7P. The first kappa shape index (κ1) is 70.2. The van der Waals surface area contributed by atoms with E-state index in [0.717, 1.165) is 103 Å². The predicted octanol–water partition coefficient (Wildman–Crippen LogP) is 17.6. The molecule has 0 aliphatic rings. The number of nitrogens with one attached hydrogen (secondary N) is 1. The van der Waals surface area contributed by atoms with Crippen LogP contribution in [-0.4, -0.2) is 69.4 Å². The number of esters is 1. The molecule has 0 aromatic carbocycles. The largest absolute Gasteiger partial charge is 0.756 e. The number of allylic oxidation sites excluding steroid dienone is 13. The standard InChI is InChI=1S/C63H113N2O7P/c1-7-10-13-16-19-22-25-27-28-29-30-31-32-33-34-35-36-38-41-43-46-49-52-55-62(66)64-60(59-71-73(68,69)70-58-57-65(4,5)6)61(54-51-48-45-42-40-37-26-23-20-17-14-11-8-2)72-63(67)56-53-50-47-44-39-24-21-18-15-12-9-3/h10,13,19,22,27-28,30-31,33-34,36,38,51,54,60-61H,7-9,11-12,14-18,20-21,23-26,29,32,35,37,39-50,52-53,55-59H2,1-6H3,(H-,64,66,68,69)/b13-10-,22-19-,28-27-,31-30-,34-33-,38-36-,54-51+. The lowest BCUT2D eigenvalue weighted by atomic mass is 10.0. The lowest BCUT2D eigenvalue weighted by Gasteiger charge is -2.30. The van der Waals surface area contributed by atoms with E-state index < -0.39 is 26.6 Å². The number of quaternary nitrogens is 1. The number of ether oxygens (including phenoxy) is 1. The summed E-state index contributed by atoms with van der Waals surface area (Å²) in [5.41, 5.74) is 0. The lowest BCUT2D eigenvalue weighted by molar-refractivity contribution is -0.870. The Balaban J connectivity index is 5.29. The van der Waals surface area contributed by atoms with Crippen LogP contribution in [0.25, 0.3) is 0 Å². The van der Waals surface area contributed by atoms with Crippen molar-refractivity contribution in [2.24, 2.45) is 0 Å². The van der Waals surface area contributed by atoms with Crippen LogP contribution in [0, 0.1) is 0 Å². The van der Waals surface area contributed by atoms with Gasteiger partial charge in [0.2, 0.25) is 5.91 Å². The predicted molar refractivity (Wildman–Crippen MR) is 311 cm³/mol. The molecule has 0 aromatic rings. The molecule has 0 radical (unpaired) electrons. The summed E-state index contributed by atoms with van der Waals surface area (Å²) < 4.78 is 30.2. The second-order valence-corrected chi connectivity index (χ2v) is 22.5.